The SMILES string of the molecule is CS(=O)(=O)O[C@@H]1C[C@H]2CN(c3ncc(F)cn3)CCN2C1. The van der Waals surface area contributed by atoms with Crippen LogP contribution in [-0.2, 0) is 14.3 Å². The van der Waals surface area contributed by atoms with E-state index in [9.17, 15) is 12.8 Å². The smallest absolute Gasteiger partial charge is 0.264 e. The van der Waals surface area contributed by atoms with Crippen LogP contribution in [0.15, 0.2) is 12.4 Å². The Hall–Kier alpha value is -1.32. The average Bonchev–Trinajstić information content (AvgIpc) is 2.78. The predicted octanol–water partition coefficient (Wildman–Crippen LogP) is -0.145. The highest BCUT2D eigenvalue weighted by Gasteiger charge is 2.38. The first-order valence-electron chi connectivity index (χ1n) is 6.75. The third kappa shape index (κ3) is 3.47. The second kappa shape index (κ2) is 5.47. The maximum Gasteiger partial charge on any atom is 0.264 e. The molecule has 0 spiro atoms. The van der Waals surface area contributed by atoms with E-state index < -0.39 is 15.9 Å². The number of aromatic nitrogens is 2. The van der Waals surface area contributed by atoms with Crippen molar-refractivity contribution in [3.05, 3.63) is 18.2 Å². The van der Waals surface area contributed by atoms with Gasteiger partial charge in [0.05, 0.1) is 24.8 Å². The summed E-state index contributed by atoms with van der Waals surface area (Å²) in [6.07, 6.45) is 3.74. The van der Waals surface area contributed by atoms with Crippen molar-refractivity contribution in [2.24, 2.45) is 0 Å². The molecule has 2 fully saturated rings. The van der Waals surface area contributed by atoms with Crippen LogP contribution < -0.4 is 4.90 Å². The van der Waals surface area contributed by atoms with E-state index in [4.69, 9.17) is 4.18 Å². The van der Waals surface area contributed by atoms with Gasteiger partial charge in [0.15, 0.2) is 5.82 Å². The third-order valence-electron chi connectivity index (χ3n) is 3.78. The van der Waals surface area contributed by atoms with Crippen LogP contribution in [0.5, 0.6) is 0 Å². The number of rotatable bonds is 3. The van der Waals surface area contributed by atoms with Crippen molar-refractivity contribution in [2.75, 3.05) is 37.3 Å². The standard InChI is InChI=1S/C12H17FN4O3S/c1-21(18,19)20-11-4-10-7-17(3-2-16(10)8-11)12-14-5-9(13)6-15-12/h5-6,10-11H,2-4,7-8H2,1H3/t10-,11+/m0/s1. The number of hydrogen-bond acceptors (Lipinski definition) is 7. The molecule has 7 nitrogen and oxygen atoms in total. The minimum Gasteiger partial charge on any atom is -0.338 e. The van der Waals surface area contributed by atoms with Gasteiger partial charge < -0.3 is 4.90 Å². The van der Waals surface area contributed by atoms with E-state index in [1.165, 1.54) is 0 Å². The lowest BCUT2D eigenvalue weighted by atomic mass is 10.1. The van der Waals surface area contributed by atoms with Gasteiger partial charge in [-0.15, -0.1) is 0 Å². The molecule has 0 saturated carbocycles. The number of hydrogen-bond donors (Lipinski definition) is 0. The molecule has 1 aromatic rings. The van der Waals surface area contributed by atoms with Gasteiger partial charge in [0.25, 0.3) is 10.1 Å². The van der Waals surface area contributed by atoms with Crippen molar-refractivity contribution in [3.8, 4) is 0 Å². The van der Waals surface area contributed by atoms with Gasteiger partial charge in [0, 0.05) is 32.2 Å². The molecule has 9 heteroatoms. The summed E-state index contributed by atoms with van der Waals surface area (Å²) in [5.74, 6) is 0.0448. The Morgan fingerprint density at radius 2 is 2.00 bits per heavy atom. The summed E-state index contributed by atoms with van der Waals surface area (Å²) in [5, 5.41) is 0. The summed E-state index contributed by atoms with van der Waals surface area (Å²) in [4.78, 5) is 12.2. The number of halogens is 1. The van der Waals surface area contributed by atoms with Crippen LogP contribution in [0.4, 0.5) is 10.3 Å². The first kappa shape index (κ1) is 14.6. The van der Waals surface area contributed by atoms with E-state index in [0.29, 0.717) is 25.5 Å². The molecule has 21 heavy (non-hydrogen) atoms. The zero-order chi connectivity index (χ0) is 15.0. The largest absolute Gasteiger partial charge is 0.338 e. The van der Waals surface area contributed by atoms with Crippen molar-refractivity contribution in [1.82, 2.24) is 14.9 Å². The molecule has 1 aromatic heterocycles. The van der Waals surface area contributed by atoms with Gasteiger partial charge in [-0.05, 0) is 6.42 Å². The first-order valence-corrected chi connectivity index (χ1v) is 8.57. The number of nitrogens with zero attached hydrogens (tertiary/aromatic N) is 4. The molecule has 2 aliphatic rings. The number of piperazine rings is 1. The Morgan fingerprint density at radius 3 is 2.67 bits per heavy atom. The lowest BCUT2D eigenvalue weighted by Gasteiger charge is -2.37. The summed E-state index contributed by atoms with van der Waals surface area (Å²) in [5.41, 5.74) is 0. The maximum absolute atomic E-state index is 12.9. The van der Waals surface area contributed by atoms with E-state index in [2.05, 4.69) is 14.9 Å². The van der Waals surface area contributed by atoms with Gasteiger partial charge >= 0.3 is 0 Å². The molecule has 0 bridgehead atoms. The molecule has 116 valence electrons. The molecular formula is C12H17FN4O3S. The molecule has 2 atom stereocenters. The van der Waals surface area contributed by atoms with Crippen molar-refractivity contribution in [1.29, 1.82) is 0 Å². The molecule has 0 unspecified atom stereocenters. The Morgan fingerprint density at radius 1 is 1.29 bits per heavy atom. The molecule has 3 heterocycles. The average molecular weight is 316 g/mol. The van der Waals surface area contributed by atoms with Crippen LogP contribution in [0.2, 0.25) is 0 Å². The summed E-state index contributed by atoms with van der Waals surface area (Å²) in [6, 6.07) is 0.208. The molecule has 0 radical (unpaired) electrons. The van der Waals surface area contributed by atoms with Gasteiger partial charge in [-0.2, -0.15) is 8.42 Å². The Bertz CT molecular complexity index is 609. The van der Waals surface area contributed by atoms with E-state index >= 15 is 0 Å². The number of anilines is 1. The Labute approximate surface area is 122 Å². The summed E-state index contributed by atoms with van der Waals surface area (Å²) in [6.45, 7) is 2.83. The minimum absolute atomic E-state index is 0.208. The first-order chi connectivity index (χ1) is 9.90. The number of fused-ring (bicyclic) bond motifs is 1. The van der Waals surface area contributed by atoms with Crippen LogP contribution >= 0.6 is 0 Å². The van der Waals surface area contributed by atoms with E-state index in [1.54, 1.807) is 0 Å². The Balaban J connectivity index is 1.65. The van der Waals surface area contributed by atoms with Gasteiger partial charge in [-0.25, -0.2) is 14.4 Å². The molecule has 0 aromatic carbocycles. The molecule has 2 aliphatic heterocycles. The summed E-state index contributed by atoms with van der Waals surface area (Å²) >= 11 is 0. The lowest BCUT2D eigenvalue weighted by molar-refractivity contribution is 0.198. The fraction of sp³-hybridized carbons (Fsp3) is 0.667. The Kier molecular flexibility index (Phi) is 3.80. The quantitative estimate of drug-likeness (QED) is 0.718. The molecule has 0 N–H and O–H groups in total. The van der Waals surface area contributed by atoms with E-state index in [1.807, 2.05) is 4.90 Å². The lowest BCUT2D eigenvalue weighted by Crippen LogP contribution is -2.50. The summed E-state index contributed by atoms with van der Waals surface area (Å²) in [7, 11) is -3.43. The second-order valence-electron chi connectivity index (χ2n) is 5.45. The normalized spacial score (nSPS) is 26.9. The van der Waals surface area contributed by atoms with Crippen LogP contribution in [-0.4, -0.2) is 67.9 Å². The molecular weight excluding hydrogens is 299 g/mol. The highest BCUT2D eigenvalue weighted by atomic mass is 32.2. The zero-order valence-corrected chi connectivity index (χ0v) is 12.5. The fourth-order valence-electron chi connectivity index (χ4n) is 2.96. The van der Waals surface area contributed by atoms with E-state index in [0.717, 1.165) is 31.7 Å². The molecule has 0 aliphatic carbocycles. The second-order valence-corrected chi connectivity index (χ2v) is 7.05. The third-order valence-corrected chi connectivity index (χ3v) is 4.40. The van der Waals surface area contributed by atoms with Gasteiger partial charge in [-0.1, -0.05) is 0 Å². The van der Waals surface area contributed by atoms with Crippen molar-refractivity contribution in [3.63, 3.8) is 0 Å². The fourth-order valence-corrected chi connectivity index (χ4v) is 3.60. The topological polar surface area (TPSA) is 75.6 Å². The molecule has 3 rings (SSSR count). The van der Waals surface area contributed by atoms with Crippen molar-refractivity contribution in [2.45, 2.75) is 18.6 Å². The highest BCUT2D eigenvalue weighted by Crippen LogP contribution is 2.26. The van der Waals surface area contributed by atoms with Crippen molar-refractivity contribution < 1.29 is 17.0 Å². The van der Waals surface area contributed by atoms with Gasteiger partial charge in [0.1, 0.15) is 0 Å². The predicted molar refractivity (Wildman–Crippen MR) is 73.9 cm³/mol. The van der Waals surface area contributed by atoms with Crippen LogP contribution in [0.25, 0.3) is 0 Å². The van der Waals surface area contributed by atoms with Crippen molar-refractivity contribution >= 4 is 16.1 Å². The molecule has 0 amide bonds. The highest BCUT2D eigenvalue weighted by molar-refractivity contribution is 7.86. The van der Waals surface area contributed by atoms with Gasteiger partial charge in [-0.3, -0.25) is 9.08 Å². The maximum atomic E-state index is 12.9. The van der Waals surface area contributed by atoms with E-state index in [-0.39, 0.29) is 12.1 Å². The van der Waals surface area contributed by atoms with Gasteiger partial charge in [0.2, 0.25) is 5.95 Å². The zero-order valence-electron chi connectivity index (χ0n) is 11.6. The minimum atomic E-state index is -3.43. The summed E-state index contributed by atoms with van der Waals surface area (Å²) < 4.78 is 40.3. The molecule has 2 saturated heterocycles. The monoisotopic (exact) mass is 316 g/mol. The van der Waals surface area contributed by atoms with Crippen LogP contribution in [0.1, 0.15) is 6.42 Å². The van der Waals surface area contributed by atoms with Crippen LogP contribution in [0.3, 0.4) is 0 Å². The van der Waals surface area contributed by atoms with Crippen LogP contribution in [0, 0.1) is 5.82 Å².